The molecule has 1 N–H and O–H groups in total. The summed E-state index contributed by atoms with van der Waals surface area (Å²) in [6, 6.07) is 0.187. The van der Waals surface area contributed by atoms with Gasteiger partial charge in [0.15, 0.2) is 0 Å². The molecule has 1 aliphatic rings. The first-order chi connectivity index (χ1) is 7.39. The Morgan fingerprint density at radius 3 is 2.62 bits per heavy atom. The van der Waals surface area contributed by atoms with Gasteiger partial charge in [0, 0.05) is 12.3 Å². The van der Waals surface area contributed by atoms with Crippen LogP contribution in [0.2, 0.25) is 0 Å². The van der Waals surface area contributed by atoms with Crippen molar-refractivity contribution in [3.63, 3.8) is 0 Å². The Morgan fingerprint density at radius 1 is 1.38 bits per heavy atom. The van der Waals surface area contributed by atoms with Crippen LogP contribution in [-0.4, -0.2) is 32.6 Å². The number of nitrogens with one attached hydrogen (secondary N) is 1. The molecule has 1 aliphatic carbocycles. The Kier molecular flexibility index (Phi) is 5.21. The summed E-state index contributed by atoms with van der Waals surface area (Å²) in [4.78, 5) is 5.35. The van der Waals surface area contributed by atoms with Crippen LogP contribution in [0.4, 0.5) is 0 Å². The maximum Gasteiger partial charge on any atom is 0.150 e. The lowest BCUT2D eigenvalue weighted by atomic mass is 9.96. The minimum absolute atomic E-state index is 0.187. The molecule has 0 aromatic carbocycles. The van der Waals surface area contributed by atoms with Gasteiger partial charge in [0.05, 0.1) is 11.9 Å². The molecule has 1 rings (SSSR count). The van der Waals surface area contributed by atoms with Crippen LogP contribution in [0.3, 0.4) is 0 Å². The third-order valence-corrected chi connectivity index (χ3v) is 4.54. The third-order valence-electron chi connectivity index (χ3n) is 2.90. The predicted octanol–water partition coefficient (Wildman–Crippen LogP) is 1.52. The molecule has 96 valence electrons. The molecule has 1 fully saturated rings. The van der Waals surface area contributed by atoms with Crippen molar-refractivity contribution in [3.8, 4) is 0 Å². The van der Waals surface area contributed by atoms with Gasteiger partial charge in [-0.3, -0.25) is 0 Å². The van der Waals surface area contributed by atoms with Gasteiger partial charge in [-0.25, -0.2) is 8.42 Å². The summed E-state index contributed by atoms with van der Waals surface area (Å²) in [5.41, 5.74) is 2.99. The molecule has 4 nitrogen and oxygen atoms in total. The highest BCUT2D eigenvalue weighted by Gasteiger charge is 2.28. The Morgan fingerprint density at radius 2 is 2.06 bits per heavy atom. The SMILES string of the molecule is CC(C)CONC1CCCC(S(C)(=O)=O)C1. The van der Waals surface area contributed by atoms with Crippen LogP contribution in [-0.2, 0) is 14.7 Å². The van der Waals surface area contributed by atoms with E-state index in [-0.39, 0.29) is 11.3 Å². The molecule has 1 saturated carbocycles. The van der Waals surface area contributed by atoms with E-state index in [0.717, 1.165) is 19.3 Å². The summed E-state index contributed by atoms with van der Waals surface area (Å²) in [5.74, 6) is 0.488. The van der Waals surface area contributed by atoms with E-state index in [2.05, 4.69) is 19.3 Å². The van der Waals surface area contributed by atoms with E-state index in [9.17, 15) is 8.42 Å². The van der Waals surface area contributed by atoms with Crippen LogP contribution in [0.1, 0.15) is 39.5 Å². The number of rotatable bonds is 5. The van der Waals surface area contributed by atoms with E-state index in [0.29, 0.717) is 18.9 Å². The second-order valence-corrected chi connectivity index (χ2v) is 7.46. The molecule has 0 spiro atoms. The lowest BCUT2D eigenvalue weighted by Gasteiger charge is -2.28. The van der Waals surface area contributed by atoms with Crippen LogP contribution in [0, 0.1) is 5.92 Å². The first-order valence-corrected chi connectivity index (χ1v) is 7.91. The average Bonchev–Trinajstić information content (AvgIpc) is 2.16. The summed E-state index contributed by atoms with van der Waals surface area (Å²) < 4.78 is 22.9. The van der Waals surface area contributed by atoms with Crippen LogP contribution in [0.15, 0.2) is 0 Å². The predicted molar refractivity (Wildman–Crippen MR) is 64.8 cm³/mol. The quantitative estimate of drug-likeness (QED) is 0.751. The van der Waals surface area contributed by atoms with Gasteiger partial charge in [-0.05, 0) is 25.2 Å². The van der Waals surface area contributed by atoms with Crippen molar-refractivity contribution in [3.05, 3.63) is 0 Å². The van der Waals surface area contributed by atoms with Crippen molar-refractivity contribution in [1.82, 2.24) is 5.48 Å². The number of sulfone groups is 1. The molecular weight excluding hydrogens is 226 g/mol. The Bertz CT molecular complexity index is 300. The molecule has 0 aromatic heterocycles. The van der Waals surface area contributed by atoms with Gasteiger partial charge < -0.3 is 4.84 Å². The monoisotopic (exact) mass is 249 g/mol. The Hall–Kier alpha value is -0.130. The van der Waals surface area contributed by atoms with E-state index in [4.69, 9.17) is 4.84 Å². The minimum atomic E-state index is -2.90. The Labute approximate surface area is 98.6 Å². The van der Waals surface area contributed by atoms with Gasteiger partial charge in [0.25, 0.3) is 0 Å². The molecule has 16 heavy (non-hydrogen) atoms. The first-order valence-electron chi connectivity index (χ1n) is 5.95. The van der Waals surface area contributed by atoms with Gasteiger partial charge in [-0.15, -0.1) is 0 Å². The summed E-state index contributed by atoms with van der Waals surface area (Å²) in [5, 5.41) is -0.193. The highest BCUT2D eigenvalue weighted by molar-refractivity contribution is 7.91. The molecule has 0 aromatic rings. The van der Waals surface area contributed by atoms with E-state index < -0.39 is 9.84 Å². The molecule has 0 aliphatic heterocycles. The lowest BCUT2D eigenvalue weighted by Crippen LogP contribution is -2.39. The largest absolute Gasteiger partial charge is 0.301 e. The normalized spacial score (nSPS) is 27.2. The van der Waals surface area contributed by atoms with Gasteiger partial charge in [0.2, 0.25) is 0 Å². The van der Waals surface area contributed by atoms with Gasteiger partial charge in [-0.1, -0.05) is 20.3 Å². The van der Waals surface area contributed by atoms with E-state index in [1.165, 1.54) is 6.26 Å². The zero-order valence-corrected chi connectivity index (χ0v) is 11.2. The average molecular weight is 249 g/mol. The van der Waals surface area contributed by atoms with Crippen molar-refractivity contribution < 1.29 is 13.3 Å². The minimum Gasteiger partial charge on any atom is -0.301 e. The number of hydrogen-bond acceptors (Lipinski definition) is 4. The molecule has 0 saturated heterocycles. The second kappa shape index (κ2) is 5.98. The van der Waals surface area contributed by atoms with Gasteiger partial charge in [0.1, 0.15) is 9.84 Å². The molecular formula is C11H23NO3S. The van der Waals surface area contributed by atoms with E-state index in [1.807, 2.05) is 0 Å². The lowest BCUT2D eigenvalue weighted by molar-refractivity contribution is -0.00645. The molecule has 2 unspecified atom stereocenters. The highest BCUT2D eigenvalue weighted by Crippen LogP contribution is 2.23. The number of hydroxylamine groups is 1. The second-order valence-electron chi connectivity index (χ2n) is 5.14. The van der Waals surface area contributed by atoms with Crippen molar-refractivity contribution in [2.24, 2.45) is 5.92 Å². The maximum absolute atomic E-state index is 11.4. The van der Waals surface area contributed by atoms with Crippen molar-refractivity contribution >= 4 is 9.84 Å². The number of hydrogen-bond donors (Lipinski definition) is 1. The van der Waals surface area contributed by atoms with Crippen molar-refractivity contribution in [1.29, 1.82) is 0 Å². The molecule has 0 amide bonds. The van der Waals surface area contributed by atoms with Gasteiger partial charge in [-0.2, -0.15) is 5.48 Å². The molecule has 0 radical (unpaired) electrons. The maximum atomic E-state index is 11.4. The summed E-state index contributed by atoms with van der Waals surface area (Å²) in [6.45, 7) is 4.84. The smallest absolute Gasteiger partial charge is 0.150 e. The Balaban J connectivity index is 2.34. The summed E-state index contributed by atoms with van der Waals surface area (Å²) in [7, 11) is -2.90. The van der Waals surface area contributed by atoms with E-state index >= 15 is 0 Å². The van der Waals surface area contributed by atoms with Crippen LogP contribution in [0.25, 0.3) is 0 Å². The van der Waals surface area contributed by atoms with Gasteiger partial charge >= 0.3 is 0 Å². The first kappa shape index (κ1) is 13.9. The fraction of sp³-hybridized carbons (Fsp3) is 1.00. The third kappa shape index (κ3) is 4.80. The molecule has 5 heteroatoms. The zero-order chi connectivity index (χ0) is 12.2. The summed E-state index contributed by atoms with van der Waals surface area (Å²) >= 11 is 0. The van der Waals surface area contributed by atoms with Crippen molar-refractivity contribution in [2.45, 2.75) is 50.8 Å². The zero-order valence-electron chi connectivity index (χ0n) is 10.4. The van der Waals surface area contributed by atoms with Crippen LogP contribution < -0.4 is 5.48 Å². The van der Waals surface area contributed by atoms with E-state index in [1.54, 1.807) is 0 Å². The van der Waals surface area contributed by atoms with Crippen molar-refractivity contribution in [2.75, 3.05) is 12.9 Å². The molecule has 0 bridgehead atoms. The van der Waals surface area contributed by atoms with Crippen LogP contribution in [0.5, 0.6) is 0 Å². The van der Waals surface area contributed by atoms with Crippen LogP contribution >= 0.6 is 0 Å². The fourth-order valence-corrected chi connectivity index (χ4v) is 3.15. The highest BCUT2D eigenvalue weighted by atomic mass is 32.2. The standard InChI is InChI=1S/C11H23NO3S/c1-9(2)8-15-12-10-5-4-6-11(7-10)16(3,13)14/h9-12H,4-8H2,1-3H3. The summed E-state index contributed by atoms with van der Waals surface area (Å²) in [6.07, 6.45) is 4.76. The molecule has 0 heterocycles. The molecule has 2 atom stereocenters. The fourth-order valence-electron chi connectivity index (χ4n) is 1.97. The topological polar surface area (TPSA) is 55.4 Å².